The van der Waals surface area contributed by atoms with E-state index in [-0.39, 0.29) is 18.0 Å². The Kier molecular flexibility index (Phi) is 8.67. The Labute approximate surface area is 245 Å². The fraction of sp³-hybridized carbons (Fsp3) is 0.467. The predicted octanol–water partition coefficient (Wildman–Crippen LogP) is 8.35. The molecule has 0 saturated carbocycles. The molecule has 7 nitrogen and oxygen atoms in total. The molecule has 2 aromatic carbocycles. The lowest BCUT2D eigenvalue weighted by molar-refractivity contribution is -0.143. The van der Waals surface area contributed by atoms with E-state index in [0.717, 1.165) is 0 Å². The number of amides is 2. The standard InChI is InChI=1S/C30H32F6N2O5/c1-17-25(18-12-20(29(31,32)33)14-21(13-18)30(34,35)36)43-27(40)38(17)16-19-15-28(2,3)11-10-24(19)42-26(39)37(4)22-6-8-23(41-5)9-7-22/h6-9,12-14,17,25H,10-11,15-16H2,1-5H3/t17-,25-/m0/s1. The zero-order valence-electron chi connectivity index (χ0n) is 24.2. The van der Waals surface area contributed by atoms with Crippen LogP contribution in [0.5, 0.6) is 5.75 Å². The Balaban J connectivity index is 1.60. The molecule has 1 saturated heterocycles. The highest BCUT2D eigenvalue weighted by Gasteiger charge is 2.44. The zero-order chi connectivity index (χ0) is 31.9. The third-order valence-electron chi connectivity index (χ3n) is 7.75. The van der Waals surface area contributed by atoms with Gasteiger partial charge in [0.2, 0.25) is 0 Å². The number of hydrogen-bond donors (Lipinski definition) is 0. The highest BCUT2D eigenvalue weighted by molar-refractivity contribution is 5.87. The summed E-state index contributed by atoms with van der Waals surface area (Å²) in [5, 5.41) is 0. The normalized spacial score (nSPS) is 20.6. The largest absolute Gasteiger partial charge is 0.497 e. The highest BCUT2D eigenvalue weighted by Crippen LogP contribution is 2.43. The van der Waals surface area contributed by atoms with Crippen LogP contribution in [0.4, 0.5) is 41.6 Å². The lowest BCUT2D eigenvalue weighted by atomic mass is 9.76. The molecule has 0 unspecified atom stereocenters. The van der Waals surface area contributed by atoms with Gasteiger partial charge in [0.05, 0.1) is 24.3 Å². The molecule has 1 aliphatic heterocycles. The maximum Gasteiger partial charge on any atom is 0.419 e. The van der Waals surface area contributed by atoms with Crippen molar-refractivity contribution >= 4 is 17.9 Å². The van der Waals surface area contributed by atoms with Crippen LogP contribution in [0.2, 0.25) is 0 Å². The molecule has 2 atom stereocenters. The second-order valence-corrected chi connectivity index (χ2v) is 11.5. The monoisotopic (exact) mass is 614 g/mol. The number of alkyl halides is 6. The number of carbonyl (C=O) groups is 2. The second-order valence-electron chi connectivity index (χ2n) is 11.5. The van der Waals surface area contributed by atoms with Crippen molar-refractivity contribution in [2.45, 2.75) is 64.5 Å². The average molecular weight is 615 g/mol. The topological polar surface area (TPSA) is 68.3 Å². The number of allylic oxidation sites excluding steroid dienone is 1. The van der Waals surface area contributed by atoms with Crippen molar-refractivity contribution in [1.82, 2.24) is 4.90 Å². The number of hydrogen-bond acceptors (Lipinski definition) is 5. The quantitative estimate of drug-likeness (QED) is 0.306. The van der Waals surface area contributed by atoms with Crippen molar-refractivity contribution < 1.29 is 50.1 Å². The molecule has 1 aliphatic carbocycles. The van der Waals surface area contributed by atoms with Crippen LogP contribution in [-0.4, -0.2) is 43.8 Å². The number of rotatable bonds is 6. The number of cyclic esters (lactones) is 1. The number of anilines is 1. The average Bonchev–Trinajstić information content (AvgIpc) is 3.21. The van der Waals surface area contributed by atoms with Gasteiger partial charge in [0.25, 0.3) is 0 Å². The number of benzene rings is 2. The number of ether oxygens (including phenoxy) is 3. The molecule has 0 bridgehead atoms. The summed E-state index contributed by atoms with van der Waals surface area (Å²) in [7, 11) is 3.05. The first-order chi connectivity index (χ1) is 19.9. The van der Waals surface area contributed by atoms with Gasteiger partial charge in [0, 0.05) is 25.7 Å². The Morgan fingerprint density at radius 3 is 2.16 bits per heavy atom. The van der Waals surface area contributed by atoms with Gasteiger partial charge < -0.3 is 14.2 Å². The summed E-state index contributed by atoms with van der Waals surface area (Å²) in [6.45, 7) is 5.41. The molecule has 1 heterocycles. The fourth-order valence-electron chi connectivity index (χ4n) is 5.25. The highest BCUT2D eigenvalue weighted by atomic mass is 19.4. The summed E-state index contributed by atoms with van der Waals surface area (Å²) in [5.74, 6) is 0.960. The molecular formula is C30H32F6N2O5. The van der Waals surface area contributed by atoms with Gasteiger partial charge in [0.1, 0.15) is 17.6 Å². The molecule has 0 radical (unpaired) electrons. The molecule has 13 heteroatoms. The van der Waals surface area contributed by atoms with E-state index in [9.17, 15) is 35.9 Å². The zero-order valence-corrected chi connectivity index (χ0v) is 24.2. The number of carbonyl (C=O) groups excluding carboxylic acids is 2. The Morgan fingerprint density at radius 1 is 1.05 bits per heavy atom. The number of halogens is 6. The van der Waals surface area contributed by atoms with Crippen molar-refractivity contribution in [1.29, 1.82) is 0 Å². The summed E-state index contributed by atoms with van der Waals surface area (Å²) in [4.78, 5) is 28.5. The Bertz CT molecular complexity index is 1370. The number of nitrogens with zero attached hydrogens (tertiary/aromatic N) is 2. The van der Waals surface area contributed by atoms with Crippen molar-refractivity contribution in [3.63, 3.8) is 0 Å². The molecule has 0 spiro atoms. The van der Waals surface area contributed by atoms with Crippen LogP contribution >= 0.6 is 0 Å². The molecule has 0 aromatic heterocycles. The minimum absolute atomic E-state index is 0.0290. The SMILES string of the molecule is COc1ccc(N(C)C(=O)OC2=C(CN3C(=O)O[C@H](c4cc(C(F)(F)F)cc(C(F)(F)F)c4)[C@@H]3C)CC(C)(C)CC2)cc1. The summed E-state index contributed by atoms with van der Waals surface area (Å²) in [6, 6.07) is 6.97. The van der Waals surface area contributed by atoms with Crippen LogP contribution in [0.3, 0.4) is 0 Å². The maximum atomic E-state index is 13.5. The summed E-state index contributed by atoms with van der Waals surface area (Å²) in [5.41, 5.74) is -2.48. The van der Waals surface area contributed by atoms with Gasteiger partial charge in [-0.2, -0.15) is 26.3 Å². The van der Waals surface area contributed by atoms with Gasteiger partial charge in [-0.3, -0.25) is 9.80 Å². The van der Waals surface area contributed by atoms with E-state index >= 15 is 0 Å². The minimum atomic E-state index is -5.04. The fourth-order valence-corrected chi connectivity index (χ4v) is 5.25. The smallest absolute Gasteiger partial charge is 0.419 e. The lowest BCUT2D eigenvalue weighted by Gasteiger charge is -2.35. The van der Waals surface area contributed by atoms with Crippen molar-refractivity contribution in [3.8, 4) is 5.75 Å². The van der Waals surface area contributed by atoms with E-state index in [1.165, 1.54) is 30.9 Å². The van der Waals surface area contributed by atoms with E-state index in [4.69, 9.17) is 14.2 Å². The third-order valence-corrected chi connectivity index (χ3v) is 7.75. The van der Waals surface area contributed by atoms with Crippen LogP contribution in [-0.2, 0) is 21.8 Å². The molecule has 234 valence electrons. The lowest BCUT2D eigenvalue weighted by Crippen LogP contribution is -2.36. The first-order valence-corrected chi connectivity index (χ1v) is 13.5. The minimum Gasteiger partial charge on any atom is -0.497 e. The molecule has 2 aliphatic rings. The predicted molar refractivity (Wildman–Crippen MR) is 144 cm³/mol. The van der Waals surface area contributed by atoms with Crippen LogP contribution in [0.15, 0.2) is 53.8 Å². The molecule has 2 amide bonds. The van der Waals surface area contributed by atoms with Gasteiger partial charge in [0.15, 0.2) is 0 Å². The van der Waals surface area contributed by atoms with Gasteiger partial charge >= 0.3 is 24.5 Å². The number of methoxy groups -OCH3 is 1. The van der Waals surface area contributed by atoms with Crippen LogP contribution in [0, 0.1) is 5.41 Å². The molecular weight excluding hydrogens is 582 g/mol. The summed E-state index contributed by atoms with van der Waals surface area (Å²) >= 11 is 0. The summed E-state index contributed by atoms with van der Waals surface area (Å²) in [6.07, 6.45) is -11.6. The summed E-state index contributed by atoms with van der Waals surface area (Å²) < 4.78 is 97.0. The van der Waals surface area contributed by atoms with Crippen molar-refractivity contribution in [3.05, 3.63) is 70.5 Å². The third kappa shape index (κ3) is 7.19. The van der Waals surface area contributed by atoms with Crippen molar-refractivity contribution in [2.75, 3.05) is 25.6 Å². The van der Waals surface area contributed by atoms with E-state index in [1.54, 1.807) is 24.3 Å². The molecule has 0 N–H and O–H groups in total. The first-order valence-electron chi connectivity index (χ1n) is 13.5. The Morgan fingerprint density at radius 2 is 1.63 bits per heavy atom. The van der Waals surface area contributed by atoms with Gasteiger partial charge in [-0.15, -0.1) is 0 Å². The first kappa shape index (κ1) is 32.0. The van der Waals surface area contributed by atoms with Crippen LogP contribution in [0.25, 0.3) is 0 Å². The van der Waals surface area contributed by atoms with E-state index in [2.05, 4.69) is 0 Å². The molecule has 1 fully saturated rings. The Hall–Kier alpha value is -3.90. The van der Waals surface area contributed by atoms with Crippen LogP contribution in [0.1, 0.15) is 62.8 Å². The van der Waals surface area contributed by atoms with E-state index in [0.29, 0.717) is 54.2 Å². The van der Waals surface area contributed by atoms with Crippen molar-refractivity contribution in [2.24, 2.45) is 5.41 Å². The van der Waals surface area contributed by atoms with Crippen LogP contribution < -0.4 is 9.64 Å². The molecule has 4 rings (SSSR count). The molecule has 43 heavy (non-hydrogen) atoms. The maximum absolute atomic E-state index is 13.5. The van der Waals surface area contributed by atoms with E-state index < -0.39 is 53.4 Å². The van der Waals surface area contributed by atoms with Gasteiger partial charge in [-0.05, 0) is 78.8 Å². The van der Waals surface area contributed by atoms with Gasteiger partial charge in [-0.25, -0.2) is 9.59 Å². The van der Waals surface area contributed by atoms with Gasteiger partial charge in [-0.1, -0.05) is 13.8 Å². The second kappa shape index (κ2) is 11.6. The molecule has 2 aromatic rings. The van der Waals surface area contributed by atoms with E-state index in [1.807, 2.05) is 13.8 Å².